The zero-order valence-electron chi connectivity index (χ0n) is 17.2. The van der Waals surface area contributed by atoms with E-state index in [1.54, 1.807) is 25.1 Å². The van der Waals surface area contributed by atoms with Crippen molar-refractivity contribution in [3.8, 4) is 5.75 Å². The van der Waals surface area contributed by atoms with E-state index in [0.29, 0.717) is 11.4 Å². The maximum absolute atomic E-state index is 12.6. The number of rotatable bonds is 9. The van der Waals surface area contributed by atoms with Crippen LogP contribution in [0.1, 0.15) is 12.8 Å². The molecule has 1 aromatic heterocycles. The number of nitrogens with zero attached hydrogens (tertiary/aromatic N) is 3. The summed E-state index contributed by atoms with van der Waals surface area (Å²) in [6.45, 7) is 5.44. The highest BCUT2D eigenvalue weighted by atomic mass is 32.2. The number of carbonyl (C=O) groups is 3. The second-order valence-electron chi connectivity index (χ2n) is 6.79. The number of anilines is 1. The zero-order chi connectivity index (χ0) is 22.4. The van der Waals surface area contributed by atoms with E-state index in [0.717, 1.165) is 16.7 Å². The smallest absolute Gasteiger partial charge is 0.324 e. The van der Waals surface area contributed by atoms with Crippen molar-refractivity contribution >= 4 is 35.3 Å². The van der Waals surface area contributed by atoms with Crippen molar-refractivity contribution in [2.24, 2.45) is 5.92 Å². The van der Waals surface area contributed by atoms with Gasteiger partial charge in [-0.25, -0.2) is 4.79 Å². The predicted molar refractivity (Wildman–Crippen MR) is 114 cm³/mol. The number of ether oxygens (including phenoxy) is 1. The molecular weight excluding hydrogens is 422 g/mol. The molecule has 1 aliphatic rings. The van der Waals surface area contributed by atoms with Crippen molar-refractivity contribution in [2.45, 2.75) is 24.6 Å². The molecule has 1 aromatic carbocycles. The Bertz CT molecular complexity index is 978. The Morgan fingerprint density at radius 2 is 2.16 bits per heavy atom. The summed E-state index contributed by atoms with van der Waals surface area (Å²) in [6.07, 6.45) is 1.66. The van der Waals surface area contributed by atoms with Crippen molar-refractivity contribution in [1.82, 2.24) is 20.4 Å². The van der Waals surface area contributed by atoms with Gasteiger partial charge in [0.25, 0.3) is 5.22 Å². The largest absolute Gasteiger partial charge is 0.495 e. The van der Waals surface area contributed by atoms with E-state index in [4.69, 9.17) is 9.15 Å². The highest BCUT2D eigenvalue weighted by Crippen LogP contribution is 2.25. The number of nitrogens with one attached hydrogen (secondary N) is 2. The van der Waals surface area contributed by atoms with Gasteiger partial charge in [0.2, 0.25) is 17.7 Å². The lowest BCUT2D eigenvalue weighted by Gasteiger charge is -2.34. The molecule has 0 aliphatic carbocycles. The number of thioether (sulfide) groups is 1. The fourth-order valence-electron chi connectivity index (χ4n) is 3.08. The van der Waals surface area contributed by atoms with Gasteiger partial charge in [-0.3, -0.25) is 14.5 Å². The number of aromatic nitrogens is 2. The van der Waals surface area contributed by atoms with Gasteiger partial charge in [-0.1, -0.05) is 30.0 Å². The predicted octanol–water partition coefficient (Wildman–Crippen LogP) is 2.09. The van der Waals surface area contributed by atoms with Gasteiger partial charge in [-0.15, -0.1) is 16.8 Å². The molecule has 0 spiro atoms. The van der Waals surface area contributed by atoms with Crippen molar-refractivity contribution in [1.29, 1.82) is 0 Å². The molecule has 10 nitrogen and oxygen atoms in total. The lowest BCUT2D eigenvalue weighted by atomic mass is 9.93. The van der Waals surface area contributed by atoms with Gasteiger partial charge < -0.3 is 19.8 Å². The van der Waals surface area contributed by atoms with Gasteiger partial charge in [0.15, 0.2) is 0 Å². The van der Waals surface area contributed by atoms with E-state index in [9.17, 15) is 14.4 Å². The normalized spacial score (nSPS) is 18.5. The van der Waals surface area contributed by atoms with Crippen LogP contribution in [-0.4, -0.2) is 58.4 Å². The van der Waals surface area contributed by atoms with Crippen LogP contribution in [0, 0.1) is 5.92 Å². The molecule has 0 radical (unpaired) electrons. The Morgan fingerprint density at radius 1 is 1.39 bits per heavy atom. The molecule has 11 heteroatoms. The number of amides is 4. The van der Waals surface area contributed by atoms with Crippen molar-refractivity contribution < 1.29 is 23.5 Å². The van der Waals surface area contributed by atoms with Crippen molar-refractivity contribution in [3.05, 3.63) is 42.8 Å². The van der Waals surface area contributed by atoms with Crippen LogP contribution >= 0.6 is 11.8 Å². The van der Waals surface area contributed by atoms with Crippen LogP contribution < -0.4 is 15.4 Å². The van der Waals surface area contributed by atoms with Crippen molar-refractivity contribution in [3.63, 3.8) is 0 Å². The molecule has 2 heterocycles. The number of imide groups is 1. The fraction of sp³-hybridized carbons (Fsp3) is 0.350. The number of para-hydroxylation sites is 2. The Kier molecular flexibility index (Phi) is 7.29. The standard InChI is InChI=1S/C20H23N5O5S/c1-4-9-25-18(27)13(12(2)21-19(25)28)10-17-23-24-20(30-17)31-11-16(26)22-14-7-5-6-8-15(14)29-3/h4-8,12-13H,1,9-11H2,2-3H3,(H,21,28)(H,22,26). The Labute approximate surface area is 183 Å². The average Bonchev–Trinajstić information content (AvgIpc) is 3.20. The van der Waals surface area contributed by atoms with Crippen LogP contribution in [-0.2, 0) is 16.0 Å². The number of methoxy groups -OCH3 is 1. The zero-order valence-corrected chi connectivity index (χ0v) is 18.0. The van der Waals surface area contributed by atoms with Gasteiger partial charge >= 0.3 is 6.03 Å². The van der Waals surface area contributed by atoms with Gasteiger partial charge in [0, 0.05) is 19.0 Å². The van der Waals surface area contributed by atoms with Gasteiger partial charge in [-0.2, -0.15) is 0 Å². The molecule has 2 atom stereocenters. The van der Waals surface area contributed by atoms with E-state index in [2.05, 4.69) is 27.4 Å². The van der Waals surface area contributed by atoms with E-state index in [1.165, 1.54) is 13.2 Å². The average molecular weight is 446 g/mol. The molecule has 1 fully saturated rings. The lowest BCUT2D eigenvalue weighted by molar-refractivity contribution is -0.134. The molecular formula is C20H23N5O5S. The van der Waals surface area contributed by atoms with Crippen LogP contribution in [0.25, 0.3) is 0 Å². The third-order valence-electron chi connectivity index (χ3n) is 4.65. The molecule has 31 heavy (non-hydrogen) atoms. The first kappa shape index (κ1) is 22.3. The Morgan fingerprint density at radius 3 is 2.90 bits per heavy atom. The molecule has 1 aliphatic heterocycles. The summed E-state index contributed by atoms with van der Waals surface area (Å²) < 4.78 is 10.8. The summed E-state index contributed by atoms with van der Waals surface area (Å²) in [4.78, 5) is 37.9. The fourth-order valence-corrected chi connectivity index (χ4v) is 3.66. The maximum Gasteiger partial charge on any atom is 0.324 e. The summed E-state index contributed by atoms with van der Waals surface area (Å²) >= 11 is 1.08. The third-order valence-corrected chi connectivity index (χ3v) is 5.46. The molecule has 4 amide bonds. The summed E-state index contributed by atoms with van der Waals surface area (Å²) in [7, 11) is 1.53. The van der Waals surface area contributed by atoms with Crippen LogP contribution in [0.4, 0.5) is 10.5 Å². The van der Waals surface area contributed by atoms with E-state index < -0.39 is 11.9 Å². The van der Waals surface area contributed by atoms with E-state index in [1.807, 2.05) is 6.07 Å². The molecule has 164 valence electrons. The Hall–Kier alpha value is -3.34. The molecule has 0 saturated carbocycles. The summed E-state index contributed by atoms with van der Waals surface area (Å²) in [5.41, 5.74) is 0.567. The molecule has 3 rings (SSSR count). The van der Waals surface area contributed by atoms with Crippen LogP contribution in [0.15, 0.2) is 46.6 Å². The summed E-state index contributed by atoms with van der Waals surface area (Å²) in [5.74, 6) is -0.239. The first-order valence-corrected chi connectivity index (χ1v) is 10.5. The van der Waals surface area contributed by atoms with Crippen molar-refractivity contribution in [2.75, 3.05) is 24.7 Å². The lowest BCUT2D eigenvalue weighted by Crippen LogP contribution is -2.59. The number of benzene rings is 1. The first-order valence-electron chi connectivity index (χ1n) is 9.53. The van der Waals surface area contributed by atoms with Gasteiger partial charge in [0.1, 0.15) is 5.75 Å². The number of carbonyl (C=O) groups excluding carboxylic acids is 3. The topological polar surface area (TPSA) is 127 Å². The van der Waals surface area contributed by atoms with Crippen LogP contribution in [0.5, 0.6) is 5.75 Å². The first-order chi connectivity index (χ1) is 14.9. The molecule has 2 N–H and O–H groups in total. The van der Waals surface area contributed by atoms with Crippen LogP contribution in [0.2, 0.25) is 0 Å². The minimum absolute atomic E-state index is 0.0572. The number of urea groups is 1. The quantitative estimate of drug-likeness (QED) is 0.444. The molecule has 1 saturated heterocycles. The minimum Gasteiger partial charge on any atom is -0.495 e. The summed E-state index contributed by atoms with van der Waals surface area (Å²) in [5, 5.41) is 13.6. The van der Waals surface area contributed by atoms with Gasteiger partial charge in [-0.05, 0) is 19.1 Å². The summed E-state index contributed by atoms with van der Waals surface area (Å²) in [6, 6.07) is 6.26. The molecule has 2 aromatic rings. The third kappa shape index (κ3) is 5.43. The maximum atomic E-state index is 12.6. The molecule has 2 unspecified atom stereocenters. The second kappa shape index (κ2) is 10.1. The highest BCUT2D eigenvalue weighted by Gasteiger charge is 2.39. The monoisotopic (exact) mass is 445 g/mol. The Balaban J connectivity index is 1.56. The van der Waals surface area contributed by atoms with E-state index in [-0.39, 0.29) is 47.7 Å². The van der Waals surface area contributed by atoms with Crippen LogP contribution in [0.3, 0.4) is 0 Å². The highest BCUT2D eigenvalue weighted by molar-refractivity contribution is 7.99. The SMILES string of the molecule is C=CCN1C(=O)NC(C)C(Cc2nnc(SCC(=O)Nc3ccccc3OC)o2)C1=O. The second-order valence-corrected chi connectivity index (χ2v) is 7.71. The van der Waals surface area contributed by atoms with E-state index >= 15 is 0 Å². The number of hydrogen-bond donors (Lipinski definition) is 2. The van der Waals surface area contributed by atoms with Gasteiger partial charge in [0.05, 0.1) is 24.5 Å². The number of hydrogen-bond acceptors (Lipinski definition) is 8. The molecule has 0 bridgehead atoms. The minimum atomic E-state index is -0.537.